The number of aromatic nitrogens is 2. The molecule has 0 radical (unpaired) electrons. The van der Waals surface area contributed by atoms with Gasteiger partial charge in [0.1, 0.15) is 4.47 Å². The first-order chi connectivity index (χ1) is 11.9. The number of anilines is 1. The van der Waals surface area contributed by atoms with Gasteiger partial charge in [0.15, 0.2) is 0 Å². The van der Waals surface area contributed by atoms with E-state index in [1.54, 1.807) is 37.5 Å². The molecule has 1 saturated heterocycles. The van der Waals surface area contributed by atoms with Gasteiger partial charge in [0.05, 0.1) is 16.8 Å². The zero-order chi connectivity index (χ0) is 18.0. The lowest BCUT2D eigenvalue weighted by molar-refractivity contribution is 0.477. The van der Waals surface area contributed by atoms with Gasteiger partial charge in [0, 0.05) is 26.7 Å². The smallest absolute Gasteiger partial charge is 0.282 e. The molecule has 1 aromatic carbocycles. The molecule has 0 unspecified atom stereocenters. The van der Waals surface area contributed by atoms with E-state index < -0.39 is 10.0 Å². The Morgan fingerprint density at radius 1 is 1.20 bits per heavy atom. The average Bonchev–Trinajstić information content (AvgIpc) is 3.15. The molecule has 0 amide bonds. The van der Waals surface area contributed by atoms with Crippen LogP contribution in [0.25, 0.3) is 0 Å². The van der Waals surface area contributed by atoms with Crippen molar-refractivity contribution in [2.45, 2.75) is 24.3 Å². The Hall–Kier alpha value is -1.71. The summed E-state index contributed by atoms with van der Waals surface area (Å²) in [6, 6.07) is 6.81. The molecule has 134 valence electrons. The first kappa shape index (κ1) is 18.1. The summed E-state index contributed by atoms with van der Waals surface area (Å²) in [4.78, 5) is 12.1. The molecule has 9 heteroatoms. The molecule has 1 aliphatic heterocycles. The zero-order valence-electron chi connectivity index (χ0n) is 13.8. The number of sulfonamides is 1. The fourth-order valence-corrected chi connectivity index (χ4v) is 4.70. The molecule has 0 atom stereocenters. The van der Waals surface area contributed by atoms with Crippen LogP contribution < -0.4 is 10.9 Å². The molecule has 3 rings (SSSR count). The second kappa shape index (κ2) is 7.27. The van der Waals surface area contributed by atoms with Crippen LogP contribution in [0.4, 0.5) is 5.69 Å². The van der Waals surface area contributed by atoms with Crippen LogP contribution in [0.2, 0.25) is 0 Å². The Balaban J connectivity index is 1.71. The third-order valence-electron chi connectivity index (χ3n) is 4.19. The molecule has 1 fully saturated rings. The van der Waals surface area contributed by atoms with Crippen molar-refractivity contribution >= 4 is 31.6 Å². The number of hydrogen-bond donors (Lipinski definition) is 1. The Morgan fingerprint density at radius 2 is 1.84 bits per heavy atom. The van der Waals surface area contributed by atoms with Gasteiger partial charge in [-0.3, -0.25) is 4.79 Å². The number of rotatable bonds is 5. The van der Waals surface area contributed by atoms with Crippen LogP contribution in [0.15, 0.2) is 44.6 Å². The predicted octanol–water partition coefficient (Wildman–Crippen LogP) is 1.94. The van der Waals surface area contributed by atoms with E-state index >= 15 is 0 Å². The molecule has 7 nitrogen and oxygen atoms in total. The topological polar surface area (TPSA) is 84.3 Å². The van der Waals surface area contributed by atoms with Gasteiger partial charge in [0.25, 0.3) is 5.56 Å². The fraction of sp³-hybridized carbons (Fsp3) is 0.375. The lowest BCUT2D eigenvalue weighted by Crippen LogP contribution is -2.27. The van der Waals surface area contributed by atoms with Crippen LogP contribution >= 0.6 is 15.9 Å². The maximum Gasteiger partial charge on any atom is 0.282 e. The van der Waals surface area contributed by atoms with E-state index in [1.165, 1.54) is 8.99 Å². The molecule has 25 heavy (non-hydrogen) atoms. The highest BCUT2D eigenvalue weighted by molar-refractivity contribution is 9.10. The maximum absolute atomic E-state index is 12.5. The van der Waals surface area contributed by atoms with Crippen molar-refractivity contribution in [2.75, 3.05) is 18.4 Å². The van der Waals surface area contributed by atoms with Crippen molar-refractivity contribution < 1.29 is 8.42 Å². The normalized spacial score (nSPS) is 15.4. The molecule has 2 aromatic rings. The SMILES string of the molecule is Cn1ncc(NCc2ccc(S(=O)(=O)N3CCCC3)cc2)c(Br)c1=O. The minimum atomic E-state index is -3.39. The van der Waals surface area contributed by atoms with Gasteiger partial charge >= 0.3 is 0 Å². The second-order valence-corrected chi connectivity index (χ2v) is 8.64. The van der Waals surface area contributed by atoms with Crippen molar-refractivity contribution in [3.63, 3.8) is 0 Å². The van der Waals surface area contributed by atoms with E-state index in [0.29, 0.717) is 34.7 Å². The number of halogens is 1. The number of nitrogens with one attached hydrogen (secondary N) is 1. The van der Waals surface area contributed by atoms with Gasteiger partial charge in [-0.25, -0.2) is 13.1 Å². The fourth-order valence-electron chi connectivity index (χ4n) is 2.69. The predicted molar refractivity (Wildman–Crippen MR) is 98.9 cm³/mol. The highest BCUT2D eigenvalue weighted by atomic mass is 79.9. The summed E-state index contributed by atoms with van der Waals surface area (Å²) in [5, 5.41) is 7.10. The number of nitrogens with zero attached hydrogens (tertiary/aromatic N) is 3. The lowest BCUT2D eigenvalue weighted by Gasteiger charge is -2.15. The van der Waals surface area contributed by atoms with E-state index in [4.69, 9.17) is 0 Å². The van der Waals surface area contributed by atoms with E-state index in [-0.39, 0.29) is 5.56 Å². The summed E-state index contributed by atoms with van der Waals surface area (Å²) in [5.41, 5.74) is 1.28. The van der Waals surface area contributed by atoms with E-state index in [2.05, 4.69) is 26.3 Å². The summed E-state index contributed by atoms with van der Waals surface area (Å²) >= 11 is 3.26. The molecule has 2 heterocycles. The molecule has 1 aliphatic rings. The van der Waals surface area contributed by atoms with Crippen molar-refractivity contribution in [3.8, 4) is 0 Å². The minimum Gasteiger partial charge on any atom is -0.379 e. The van der Waals surface area contributed by atoms with Crippen molar-refractivity contribution in [1.29, 1.82) is 0 Å². The maximum atomic E-state index is 12.5. The third-order valence-corrected chi connectivity index (χ3v) is 6.87. The van der Waals surface area contributed by atoms with E-state index in [0.717, 1.165) is 18.4 Å². The third kappa shape index (κ3) is 3.78. The van der Waals surface area contributed by atoms with Crippen LogP contribution in [-0.4, -0.2) is 35.6 Å². The van der Waals surface area contributed by atoms with Crippen LogP contribution in [0.3, 0.4) is 0 Å². The largest absolute Gasteiger partial charge is 0.379 e. The number of benzene rings is 1. The summed E-state index contributed by atoms with van der Waals surface area (Å²) in [6.07, 6.45) is 3.40. The molecule has 0 bridgehead atoms. The molecular weight excluding hydrogens is 408 g/mol. The molecule has 1 aromatic heterocycles. The molecule has 0 spiro atoms. The lowest BCUT2D eigenvalue weighted by atomic mass is 10.2. The zero-order valence-corrected chi connectivity index (χ0v) is 16.2. The van der Waals surface area contributed by atoms with Gasteiger partial charge in [-0.1, -0.05) is 12.1 Å². The van der Waals surface area contributed by atoms with E-state index in [1.807, 2.05) is 0 Å². The highest BCUT2D eigenvalue weighted by Crippen LogP contribution is 2.22. The molecule has 0 aliphatic carbocycles. The Labute approximate surface area is 154 Å². The summed E-state index contributed by atoms with van der Waals surface area (Å²) in [5.74, 6) is 0. The van der Waals surface area contributed by atoms with Crippen molar-refractivity contribution in [1.82, 2.24) is 14.1 Å². The standard InChI is InChI=1S/C16H19BrN4O3S/c1-20-16(22)15(17)14(11-19-20)18-10-12-4-6-13(7-5-12)25(23,24)21-8-2-3-9-21/h4-7,11,18H,2-3,8-10H2,1H3. The summed E-state index contributed by atoms with van der Waals surface area (Å²) < 4.78 is 28.2. The first-order valence-electron chi connectivity index (χ1n) is 7.94. The molecular formula is C16H19BrN4O3S. The van der Waals surface area contributed by atoms with Gasteiger partial charge in [-0.15, -0.1) is 0 Å². The Bertz CT molecular complexity index is 919. The van der Waals surface area contributed by atoms with E-state index in [9.17, 15) is 13.2 Å². The number of aryl methyl sites for hydroxylation is 1. The monoisotopic (exact) mass is 426 g/mol. The van der Waals surface area contributed by atoms with Crippen LogP contribution in [0.5, 0.6) is 0 Å². The number of hydrogen-bond acceptors (Lipinski definition) is 5. The summed E-state index contributed by atoms with van der Waals surface area (Å²) in [7, 11) is -1.81. The van der Waals surface area contributed by atoms with Gasteiger partial charge in [-0.05, 0) is 46.5 Å². The van der Waals surface area contributed by atoms with Crippen LogP contribution in [0, 0.1) is 0 Å². The summed E-state index contributed by atoms with van der Waals surface area (Å²) in [6.45, 7) is 1.64. The Kier molecular flexibility index (Phi) is 5.26. The van der Waals surface area contributed by atoms with Gasteiger partial charge in [-0.2, -0.15) is 9.40 Å². The first-order valence-corrected chi connectivity index (χ1v) is 10.2. The van der Waals surface area contributed by atoms with Gasteiger partial charge in [0.2, 0.25) is 10.0 Å². The molecule has 1 N–H and O–H groups in total. The second-order valence-electron chi connectivity index (χ2n) is 5.91. The van der Waals surface area contributed by atoms with Crippen molar-refractivity contribution in [2.24, 2.45) is 7.05 Å². The Morgan fingerprint density at radius 3 is 2.48 bits per heavy atom. The quantitative estimate of drug-likeness (QED) is 0.789. The minimum absolute atomic E-state index is 0.225. The van der Waals surface area contributed by atoms with Crippen molar-refractivity contribution in [3.05, 3.63) is 50.9 Å². The van der Waals surface area contributed by atoms with Crippen LogP contribution in [-0.2, 0) is 23.6 Å². The van der Waals surface area contributed by atoms with Gasteiger partial charge < -0.3 is 5.32 Å². The van der Waals surface area contributed by atoms with Crippen LogP contribution in [0.1, 0.15) is 18.4 Å². The average molecular weight is 427 g/mol. The highest BCUT2D eigenvalue weighted by Gasteiger charge is 2.26. The molecule has 0 saturated carbocycles.